The van der Waals surface area contributed by atoms with Gasteiger partial charge in [0.05, 0.1) is 7.11 Å². The van der Waals surface area contributed by atoms with Crippen molar-refractivity contribution in [2.24, 2.45) is 0 Å². The fourth-order valence-corrected chi connectivity index (χ4v) is 0.774. The van der Waals surface area contributed by atoms with E-state index in [1.807, 2.05) is 0 Å². The van der Waals surface area contributed by atoms with Gasteiger partial charge in [-0.05, 0) is 6.07 Å². The minimum atomic E-state index is -1.53. The van der Waals surface area contributed by atoms with Crippen molar-refractivity contribution in [3.63, 3.8) is 0 Å². The smallest absolute Gasteiger partial charge is 0.493 e. The van der Waals surface area contributed by atoms with Crippen LogP contribution in [0.2, 0.25) is 0 Å². The van der Waals surface area contributed by atoms with E-state index in [1.54, 1.807) is 6.07 Å². The molecule has 0 atom stereocenters. The lowest BCUT2D eigenvalue weighted by Crippen LogP contribution is -2.31. The minimum Gasteiger partial charge on any atom is -0.497 e. The predicted octanol–water partition coefficient (Wildman–Crippen LogP) is -1.23. The van der Waals surface area contributed by atoms with Crippen LogP contribution in [0.5, 0.6) is 5.75 Å². The summed E-state index contributed by atoms with van der Waals surface area (Å²) in [5.41, 5.74) is 0.273. The largest absolute Gasteiger partial charge is 0.497 e. The molecular formula is C6H8BNO3. The molecule has 0 radical (unpaired) electrons. The number of hydrogen-bond acceptors (Lipinski definition) is 4. The summed E-state index contributed by atoms with van der Waals surface area (Å²) in [6.45, 7) is 0. The second-order valence-corrected chi connectivity index (χ2v) is 1.99. The lowest BCUT2D eigenvalue weighted by atomic mass is 9.81. The average molecular weight is 153 g/mol. The minimum absolute atomic E-state index is 0.273. The standard InChI is InChI=1S/C6H8BNO3/c1-11-6-2-3-8-4-5(6)7(9)10/h2-4,9-10H,1H3. The molecular weight excluding hydrogens is 145 g/mol. The summed E-state index contributed by atoms with van der Waals surface area (Å²) in [5, 5.41) is 17.5. The lowest BCUT2D eigenvalue weighted by molar-refractivity contribution is 0.402. The first-order valence-electron chi connectivity index (χ1n) is 3.09. The predicted molar refractivity (Wildman–Crippen MR) is 40.6 cm³/mol. The fraction of sp³-hybridized carbons (Fsp3) is 0.167. The van der Waals surface area contributed by atoms with Gasteiger partial charge < -0.3 is 14.8 Å². The summed E-state index contributed by atoms with van der Waals surface area (Å²) < 4.78 is 4.85. The van der Waals surface area contributed by atoms with E-state index in [0.29, 0.717) is 5.75 Å². The Bertz CT molecular complexity index is 241. The van der Waals surface area contributed by atoms with Crippen LogP contribution in [0.4, 0.5) is 0 Å². The topological polar surface area (TPSA) is 62.6 Å². The van der Waals surface area contributed by atoms with E-state index in [2.05, 4.69) is 4.98 Å². The molecule has 0 bridgehead atoms. The Hall–Kier alpha value is -1.07. The zero-order valence-corrected chi connectivity index (χ0v) is 6.06. The fourth-order valence-electron chi connectivity index (χ4n) is 0.774. The third-order valence-electron chi connectivity index (χ3n) is 1.31. The summed E-state index contributed by atoms with van der Waals surface area (Å²) >= 11 is 0. The summed E-state index contributed by atoms with van der Waals surface area (Å²) in [6.07, 6.45) is 2.87. The van der Waals surface area contributed by atoms with Crippen molar-refractivity contribution in [2.45, 2.75) is 0 Å². The van der Waals surface area contributed by atoms with E-state index in [1.165, 1.54) is 19.5 Å². The van der Waals surface area contributed by atoms with E-state index in [4.69, 9.17) is 14.8 Å². The SMILES string of the molecule is COc1ccncc1B(O)O. The summed E-state index contributed by atoms with van der Waals surface area (Å²) in [5.74, 6) is 0.426. The van der Waals surface area contributed by atoms with Crippen molar-refractivity contribution in [2.75, 3.05) is 7.11 Å². The molecule has 0 saturated carbocycles. The van der Waals surface area contributed by atoms with Gasteiger partial charge in [0.2, 0.25) is 0 Å². The molecule has 1 heterocycles. The molecule has 0 amide bonds. The highest BCUT2D eigenvalue weighted by atomic mass is 16.5. The van der Waals surface area contributed by atoms with Gasteiger partial charge in [-0.25, -0.2) is 0 Å². The average Bonchev–Trinajstić information content (AvgIpc) is 2.04. The first-order chi connectivity index (χ1) is 5.25. The number of ether oxygens (including phenoxy) is 1. The van der Waals surface area contributed by atoms with Gasteiger partial charge in [-0.1, -0.05) is 0 Å². The highest BCUT2D eigenvalue weighted by molar-refractivity contribution is 6.59. The zero-order valence-electron chi connectivity index (χ0n) is 6.06. The molecule has 0 unspecified atom stereocenters. The third-order valence-corrected chi connectivity index (χ3v) is 1.31. The Kier molecular flexibility index (Phi) is 2.46. The quantitative estimate of drug-likeness (QED) is 0.522. The molecule has 4 nitrogen and oxygen atoms in total. The Balaban J connectivity index is 3.02. The van der Waals surface area contributed by atoms with Crippen LogP contribution in [0, 0.1) is 0 Å². The molecule has 0 fully saturated rings. The second-order valence-electron chi connectivity index (χ2n) is 1.99. The van der Waals surface area contributed by atoms with Gasteiger partial charge in [-0.2, -0.15) is 0 Å². The molecule has 58 valence electrons. The molecule has 0 spiro atoms. The van der Waals surface area contributed by atoms with Gasteiger partial charge in [-0.15, -0.1) is 0 Å². The Morgan fingerprint density at radius 1 is 1.55 bits per heavy atom. The Morgan fingerprint density at radius 3 is 2.73 bits per heavy atom. The maximum Gasteiger partial charge on any atom is 0.493 e. The maximum absolute atomic E-state index is 8.77. The van der Waals surface area contributed by atoms with E-state index >= 15 is 0 Å². The Morgan fingerprint density at radius 2 is 2.27 bits per heavy atom. The molecule has 1 aromatic rings. The first kappa shape index (κ1) is 8.04. The van der Waals surface area contributed by atoms with E-state index < -0.39 is 7.12 Å². The van der Waals surface area contributed by atoms with Crippen LogP contribution in [-0.2, 0) is 0 Å². The molecule has 11 heavy (non-hydrogen) atoms. The molecule has 5 heteroatoms. The van der Waals surface area contributed by atoms with Crippen molar-refractivity contribution in [1.29, 1.82) is 0 Å². The highest BCUT2D eigenvalue weighted by Crippen LogP contribution is 2.02. The van der Waals surface area contributed by atoms with Crippen LogP contribution >= 0.6 is 0 Å². The molecule has 0 aliphatic rings. The number of hydrogen-bond donors (Lipinski definition) is 2. The van der Waals surface area contributed by atoms with Gasteiger partial charge in [0, 0.05) is 17.9 Å². The van der Waals surface area contributed by atoms with Crippen molar-refractivity contribution < 1.29 is 14.8 Å². The van der Waals surface area contributed by atoms with Crippen LogP contribution in [0.3, 0.4) is 0 Å². The van der Waals surface area contributed by atoms with Gasteiger partial charge in [-0.3, -0.25) is 4.98 Å². The molecule has 0 aliphatic carbocycles. The van der Waals surface area contributed by atoms with Crippen LogP contribution in [0.25, 0.3) is 0 Å². The van der Waals surface area contributed by atoms with E-state index in [0.717, 1.165) is 0 Å². The van der Waals surface area contributed by atoms with Gasteiger partial charge in [0.1, 0.15) is 5.75 Å². The van der Waals surface area contributed by atoms with Crippen molar-refractivity contribution in [3.8, 4) is 5.75 Å². The summed E-state index contributed by atoms with van der Waals surface area (Å²) in [6, 6.07) is 1.56. The summed E-state index contributed by atoms with van der Waals surface area (Å²) in [4.78, 5) is 3.71. The molecule has 1 rings (SSSR count). The number of rotatable bonds is 2. The second kappa shape index (κ2) is 3.36. The maximum atomic E-state index is 8.77. The monoisotopic (exact) mass is 153 g/mol. The van der Waals surface area contributed by atoms with Gasteiger partial charge in [0.15, 0.2) is 0 Å². The molecule has 2 N–H and O–H groups in total. The Labute approximate surface area is 64.6 Å². The highest BCUT2D eigenvalue weighted by Gasteiger charge is 2.15. The number of pyridine rings is 1. The third kappa shape index (κ3) is 1.69. The number of methoxy groups -OCH3 is 1. The van der Waals surface area contributed by atoms with Gasteiger partial charge >= 0.3 is 7.12 Å². The van der Waals surface area contributed by atoms with Gasteiger partial charge in [0.25, 0.3) is 0 Å². The van der Waals surface area contributed by atoms with Crippen molar-refractivity contribution in [1.82, 2.24) is 4.98 Å². The normalized spacial score (nSPS) is 9.36. The van der Waals surface area contributed by atoms with Crippen molar-refractivity contribution in [3.05, 3.63) is 18.5 Å². The van der Waals surface area contributed by atoms with Crippen LogP contribution in [0.1, 0.15) is 0 Å². The number of aromatic nitrogens is 1. The summed E-state index contributed by atoms with van der Waals surface area (Å²) in [7, 11) is -0.0695. The van der Waals surface area contributed by atoms with Crippen LogP contribution in [0.15, 0.2) is 18.5 Å². The van der Waals surface area contributed by atoms with E-state index in [9.17, 15) is 0 Å². The molecule has 0 aromatic carbocycles. The lowest BCUT2D eigenvalue weighted by Gasteiger charge is -2.04. The zero-order chi connectivity index (χ0) is 8.27. The van der Waals surface area contributed by atoms with Crippen LogP contribution in [-0.4, -0.2) is 29.3 Å². The first-order valence-corrected chi connectivity index (χ1v) is 3.09. The van der Waals surface area contributed by atoms with Crippen molar-refractivity contribution >= 4 is 12.6 Å². The van der Waals surface area contributed by atoms with E-state index in [-0.39, 0.29) is 5.46 Å². The molecule has 1 aromatic heterocycles. The van der Waals surface area contributed by atoms with Crippen LogP contribution < -0.4 is 10.2 Å². The molecule has 0 aliphatic heterocycles. The number of nitrogens with zero attached hydrogens (tertiary/aromatic N) is 1. The molecule has 0 saturated heterocycles.